The maximum Gasteiger partial charge on any atom is 0.106 e. The van der Waals surface area contributed by atoms with Crippen LogP contribution in [0.2, 0.25) is 0 Å². The number of fused-ring (bicyclic) bond motifs is 9. The standard InChI is InChI=1S/C30H48O2/c1-17-18(2)24-25(32-24)28(6)15-16-29(7)19(23(17)28)9-10-21-27(5)13-12-22(31)26(3,4)20(27)11-14-30(21,29)8/h17,19-25,31H,2,9-16H2,1,3-8H3. The van der Waals surface area contributed by atoms with Gasteiger partial charge in [0, 0.05) is 5.41 Å². The largest absolute Gasteiger partial charge is 0.393 e. The molecule has 0 aromatic heterocycles. The van der Waals surface area contributed by atoms with Crippen LogP contribution in [-0.4, -0.2) is 23.4 Å². The van der Waals surface area contributed by atoms with Gasteiger partial charge in [-0.2, -0.15) is 0 Å². The second-order valence-corrected chi connectivity index (χ2v) is 14.9. The molecule has 0 amide bonds. The Morgan fingerprint density at radius 1 is 0.812 bits per heavy atom. The van der Waals surface area contributed by atoms with E-state index in [2.05, 4.69) is 55.0 Å². The monoisotopic (exact) mass is 440 g/mol. The van der Waals surface area contributed by atoms with Crippen molar-refractivity contribution in [2.24, 2.45) is 56.7 Å². The summed E-state index contributed by atoms with van der Waals surface area (Å²) in [5.74, 6) is 3.55. The molecule has 2 heteroatoms. The van der Waals surface area contributed by atoms with E-state index < -0.39 is 0 Å². The van der Waals surface area contributed by atoms with Gasteiger partial charge in [-0.1, -0.05) is 55.0 Å². The summed E-state index contributed by atoms with van der Waals surface area (Å²) >= 11 is 0. The molecular formula is C30H48O2. The van der Waals surface area contributed by atoms with E-state index >= 15 is 0 Å². The molecule has 6 rings (SSSR count). The molecule has 12 unspecified atom stereocenters. The van der Waals surface area contributed by atoms with Gasteiger partial charge in [0.25, 0.3) is 0 Å². The molecule has 6 aliphatic rings. The molecule has 0 spiro atoms. The van der Waals surface area contributed by atoms with Crippen molar-refractivity contribution in [3.63, 3.8) is 0 Å². The molecule has 32 heavy (non-hydrogen) atoms. The van der Waals surface area contributed by atoms with Crippen LogP contribution in [0.4, 0.5) is 0 Å². The fourth-order valence-corrected chi connectivity index (χ4v) is 11.8. The second kappa shape index (κ2) is 6.26. The Morgan fingerprint density at radius 2 is 1.53 bits per heavy atom. The maximum absolute atomic E-state index is 10.9. The summed E-state index contributed by atoms with van der Waals surface area (Å²) in [7, 11) is 0. The number of aliphatic hydroxyl groups is 1. The van der Waals surface area contributed by atoms with Gasteiger partial charge in [-0.05, 0) is 108 Å². The Kier molecular flexibility index (Phi) is 4.33. The lowest BCUT2D eigenvalue weighted by molar-refractivity contribution is -0.251. The number of hydrogen-bond donors (Lipinski definition) is 1. The first-order chi connectivity index (χ1) is 14.8. The second-order valence-electron chi connectivity index (χ2n) is 14.9. The summed E-state index contributed by atoms with van der Waals surface area (Å²) in [5.41, 5.74) is 2.97. The Morgan fingerprint density at radius 3 is 2.25 bits per heavy atom. The van der Waals surface area contributed by atoms with E-state index in [1.807, 2.05) is 0 Å². The Bertz CT molecular complexity index is 846. The summed E-state index contributed by atoms with van der Waals surface area (Å²) in [6, 6.07) is 0. The van der Waals surface area contributed by atoms with Gasteiger partial charge in [0.2, 0.25) is 0 Å². The van der Waals surface area contributed by atoms with Gasteiger partial charge in [0.15, 0.2) is 0 Å². The number of aliphatic hydroxyl groups excluding tert-OH is 1. The quantitative estimate of drug-likeness (QED) is 0.324. The van der Waals surface area contributed by atoms with Gasteiger partial charge in [-0.3, -0.25) is 0 Å². The Balaban J connectivity index is 1.40. The van der Waals surface area contributed by atoms with Crippen LogP contribution in [0.25, 0.3) is 0 Å². The van der Waals surface area contributed by atoms with E-state index in [1.54, 1.807) is 0 Å². The number of rotatable bonds is 0. The first kappa shape index (κ1) is 22.1. The van der Waals surface area contributed by atoms with Crippen LogP contribution in [0, 0.1) is 56.7 Å². The zero-order valence-electron chi connectivity index (χ0n) is 21.8. The summed E-state index contributed by atoms with van der Waals surface area (Å²) < 4.78 is 6.27. The molecule has 0 aromatic carbocycles. The van der Waals surface area contributed by atoms with Gasteiger partial charge < -0.3 is 9.84 Å². The first-order valence-electron chi connectivity index (χ1n) is 13.8. The molecule has 180 valence electrons. The highest BCUT2D eigenvalue weighted by Crippen LogP contribution is 2.77. The molecule has 0 bridgehead atoms. The first-order valence-corrected chi connectivity index (χ1v) is 13.8. The van der Waals surface area contributed by atoms with Crippen LogP contribution in [0.3, 0.4) is 0 Å². The van der Waals surface area contributed by atoms with Crippen molar-refractivity contribution >= 4 is 0 Å². The predicted octanol–water partition coefficient (Wildman–Crippen LogP) is 7.01. The minimum Gasteiger partial charge on any atom is -0.393 e. The van der Waals surface area contributed by atoms with Gasteiger partial charge in [0.05, 0.1) is 12.2 Å². The SMILES string of the molecule is C=C1C(C)C2C3CCC4C5(C)CCC(O)C(C)(C)C5CCC4(C)C3(C)CCC2(C)C2OC12. The molecule has 5 saturated carbocycles. The fourth-order valence-electron chi connectivity index (χ4n) is 11.8. The third-order valence-electron chi connectivity index (χ3n) is 13.9. The minimum absolute atomic E-state index is 0.0468. The molecule has 1 N–H and O–H groups in total. The lowest BCUT2D eigenvalue weighted by atomic mass is 9.31. The zero-order chi connectivity index (χ0) is 23.1. The molecule has 5 aliphatic carbocycles. The van der Waals surface area contributed by atoms with Gasteiger partial charge in [0.1, 0.15) is 6.10 Å². The summed E-state index contributed by atoms with van der Waals surface area (Å²) in [6.45, 7) is 22.4. The number of hydrogen-bond acceptors (Lipinski definition) is 2. The highest BCUT2D eigenvalue weighted by Gasteiger charge is 2.73. The van der Waals surface area contributed by atoms with Crippen molar-refractivity contribution in [2.75, 3.05) is 0 Å². The van der Waals surface area contributed by atoms with Crippen LogP contribution < -0.4 is 0 Å². The van der Waals surface area contributed by atoms with Crippen LogP contribution in [0.1, 0.15) is 99.8 Å². The van der Waals surface area contributed by atoms with Gasteiger partial charge in [-0.25, -0.2) is 0 Å². The molecule has 2 nitrogen and oxygen atoms in total. The number of epoxide rings is 1. The van der Waals surface area contributed by atoms with Crippen LogP contribution in [0.15, 0.2) is 12.2 Å². The van der Waals surface area contributed by atoms with Crippen molar-refractivity contribution in [1.29, 1.82) is 0 Å². The van der Waals surface area contributed by atoms with E-state index in [9.17, 15) is 5.11 Å². The zero-order valence-corrected chi connectivity index (χ0v) is 21.8. The van der Waals surface area contributed by atoms with Crippen molar-refractivity contribution in [1.82, 2.24) is 0 Å². The topological polar surface area (TPSA) is 32.8 Å². The highest BCUT2D eigenvalue weighted by atomic mass is 16.6. The molecule has 12 atom stereocenters. The summed E-state index contributed by atoms with van der Waals surface area (Å²) in [6.07, 6.45) is 11.0. The highest BCUT2D eigenvalue weighted by molar-refractivity contribution is 5.30. The van der Waals surface area contributed by atoms with E-state index in [0.717, 1.165) is 24.2 Å². The average Bonchev–Trinajstić information content (AvgIpc) is 3.53. The molecule has 1 heterocycles. The molecule has 6 fully saturated rings. The molecular weight excluding hydrogens is 392 g/mol. The van der Waals surface area contributed by atoms with Crippen molar-refractivity contribution in [3.05, 3.63) is 12.2 Å². The van der Waals surface area contributed by atoms with E-state index in [1.165, 1.54) is 50.5 Å². The Hall–Kier alpha value is -0.340. The van der Waals surface area contributed by atoms with E-state index in [4.69, 9.17) is 4.74 Å². The average molecular weight is 441 g/mol. The predicted molar refractivity (Wildman–Crippen MR) is 130 cm³/mol. The van der Waals surface area contributed by atoms with E-state index in [0.29, 0.717) is 45.7 Å². The molecule has 1 aliphatic heterocycles. The molecule has 0 radical (unpaired) electrons. The maximum atomic E-state index is 10.9. The third-order valence-corrected chi connectivity index (χ3v) is 13.9. The molecule has 0 aromatic rings. The van der Waals surface area contributed by atoms with Crippen LogP contribution in [-0.2, 0) is 4.74 Å². The lowest BCUT2D eigenvalue weighted by Crippen LogP contribution is -2.67. The summed E-state index contributed by atoms with van der Waals surface area (Å²) in [5, 5.41) is 10.9. The van der Waals surface area contributed by atoms with E-state index in [-0.39, 0.29) is 11.5 Å². The van der Waals surface area contributed by atoms with Crippen molar-refractivity contribution in [2.45, 2.75) is 118 Å². The number of ether oxygens (including phenoxy) is 1. The molecule has 1 saturated heterocycles. The fraction of sp³-hybridized carbons (Fsp3) is 0.933. The minimum atomic E-state index is -0.132. The smallest absolute Gasteiger partial charge is 0.106 e. The van der Waals surface area contributed by atoms with Crippen LogP contribution in [0.5, 0.6) is 0 Å². The lowest BCUT2D eigenvalue weighted by Gasteiger charge is -2.73. The van der Waals surface area contributed by atoms with Crippen LogP contribution >= 0.6 is 0 Å². The normalized spacial score (nSPS) is 62.7. The van der Waals surface area contributed by atoms with Gasteiger partial charge >= 0.3 is 0 Å². The van der Waals surface area contributed by atoms with Crippen molar-refractivity contribution in [3.8, 4) is 0 Å². The van der Waals surface area contributed by atoms with Gasteiger partial charge in [-0.15, -0.1) is 0 Å². The van der Waals surface area contributed by atoms with Crippen molar-refractivity contribution < 1.29 is 9.84 Å². The Labute approximate surface area is 197 Å². The summed E-state index contributed by atoms with van der Waals surface area (Å²) in [4.78, 5) is 0. The third kappa shape index (κ3) is 2.31.